The van der Waals surface area contributed by atoms with Gasteiger partial charge in [0.25, 0.3) is 0 Å². The van der Waals surface area contributed by atoms with E-state index >= 15 is 0 Å². The van der Waals surface area contributed by atoms with E-state index in [1.54, 1.807) is 19.9 Å². The van der Waals surface area contributed by atoms with Gasteiger partial charge in [-0.3, -0.25) is 0 Å². The Kier molecular flexibility index (Phi) is 3.72. The number of halogens is 1. The Morgan fingerprint density at radius 1 is 1.44 bits per heavy atom. The Balaban J connectivity index is 2.18. The summed E-state index contributed by atoms with van der Waals surface area (Å²) in [6.07, 6.45) is 0.711. The van der Waals surface area contributed by atoms with Crippen molar-refractivity contribution in [2.75, 3.05) is 0 Å². The Labute approximate surface area is 104 Å². The molecule has 2 aromatic rings. The van der Waals surface area contributed by atoms with E-state index in [4.69, 9.17) is 4.52 Å². The minimum Gasteiger partial charge on any atom is -0.393 e. The van der Waals surface area contributed by atoms with Gasteiger partial charge in [0.1, 0.15) is 5.82 Å². The fourth-order valence-electron chi connectivity index (χ4n) is 1.68. The second-order valence-electron chi connectivity index (χ2n) is 4.36. The van der Waals surface area contributed by atoms with E-state index < -0.39 is 6.10 Å². The van der Waals surface area contributed by atoms with E-state index in [1.807, 2.05) is 0 Å². The highest BCUT2D eigenvalue weighted by Gasteiger charge is 2.11. The first-order valence-electron chi connectivity index (χ1n) is 5.83. The molecule has 1 aromatic carbocycles. The van der Waals surface area contributed by atoms with Crippen molar-refractivity contribution < 1.29 is 14.0 Å². The van der Waals surface area contributed by atoms with Crippen LogP contribution in [0.2, 0.25) is 0 Å². The third-order valence-electron chi connectivity index (χ3n) is 2.67. The maximum atomic E-state index is 13.0. The maximum Gasteiger partial charge on any atom is 0.227 e. The lowest BCUT2D eigenvalue weighted by atomic mass is 10.1. The zero-order valence-corrected chi connectivity index (χ0v) is 10.4. The highest BCUT2D eigenvalue weighted by molar-refractivity contribution is 5.59. The van der Waals surface area contributed by atoms with Gasteiger partial charge in [-0.15, -0.1) is 0 Å². The first kappa shape index (κ1) is 12.7. The summed E-state index contributed by atoms with van der Waals surface area (Å²) in [7, 11) is 0. The van der Waals surface area contributed by atoms with Gasteiger partial charge in [-0.25, -0.2) is 4.39 Å². The molecule has 0 aliphatic rings. The molecule has 0 saturated carbocycles. The Bertz CT molecular complexity index is 538. The zero-order chi connectivity index (χ0) is 13.1. The van der Waals surface area contributed by atoms with Gasteiger partial charge in [0.05, 0.1) is 6.10 Å². The monoisotopic (exact) mass is 250 g/mol. The molecule has 1 unspecified atom stereocenters. The molecule has 0 fully saturated rings. The molecule has 0 spiro atoms. The molecule has 0 amide bonds. The van der Waals surface area contributed by atoms with Crippen LogP contribution in [0.15, 0.2) is 22.7 Å². The van der Waals surface area contributed by atoms with Gasteiger partial charge in [0.2, 0.25) is 11.7 Å². The van der Waals surface area contributed by atoms with E-state index in [1.165, 1.54) is 12.1 Å². The van der Waals surface area contributed by atoms with Crippen molar-refractivity contribution in [2.45, 2.75) is 32.8 Å². The van der Waals surface area contributed by atoms with Gasteiger partial charge < -0.3 is 9.63 Å². The number of rotatable bonds is 4. The molecular weight excluding hydrogens is 235 g/mol. The van der Waals surface area contributed by atoms with Crippen molar-refractivity contribution in [3.05, 3.63) is 35.5 Å². The van der Waals surface area contributed by atoms with E-state index in [9.17, 15) is 9.50 Å². The number of aliphatic hydroxyl groups is 1. The highest BCUT2D eigenvalue weighted by atomic mass is 19.1. The van der Waals surface area contributed by atoms with Crippen molar-refractivity contribution in [1.82, 2.24) is 10.1 Å². The third kappa shape index (κ3) is 2.92. The van der Waals surface area contributed by atoms with Crippen molar-refractivity contribution in [1.29, 1.82) is 0 Å². The number of hydrogen-bond acceptors (Lipinski definition) is 4. The molecule has 1 N–H and O–H groups in total. The van der Waals surface area contributed by atoms with Crippen LogP contribution >= 0.6 is 0 Å². The Morgan fingerprint density at radius 3 is 2.89 bits per heavy atom. The molecule has 18 heavy (non-hydrogen) atoms. The second-order valence-corrected chi connectivity index (χ2v) is 4.36. The molecular formula is C13H15FN2O2. The van der Waals surface area contributed by atoms with Crippen LogP contribution in [-0.4, -0.2) is 21.4 Å². The lowest BCUT2D eigenvalue weighted by molar-refractivity contribution is 0.180. The number of nitrogens with zero attached hydrogens (tertiary/aromatic N) is 2. The molecule has 0 bridgehead atoms. The first-order chi connectivity index (χ1) is 8.56. The summed E-state index contributed by atoms with van der Waals surface area (Å²) < 4.78 is 18.1. The molecule has 0 saturated heterocycles. The van der Waals surface area contributed by atoms with Crippen molar-refractivity contribution in [3.8, 4) is 11.4 Å². The standard InChI is InChI=1S/C13H15FN2O2/c1-8-7-10(14)4-5-11(8)13-15-12(18-16-13)6-3-9(2)17/h4-5,7,9,17H,3,6H2,1-2H3. The molecule has 0 radical (unpaired) electrons. The summed E-state index contributed by atoms with van der Waals surface area (Å²) >= 11 is 0. The predicted octanol–water partition coefficient (Wildman–Crippen LogP) is 2.50. The van der Waals surface area contributed by atoms with Crippen molar-refractivity contribution in [3.63, 3.8) is 0 Å². The van der Waals surface area contributed by atoms with E-state index in [0.717, 1.165) is 11.1 Å². The van der Waals surface area contributed by atoms with Crippen molar-refractivity contribution in [2.24, 2.45) is 0 Å². The second kappa shape index (κ2) is 5.27. The number of aliphatic hydroxyl groups excluding tert-OH is 1. The normalized spacial score (nSPS) is 12.7. The molecule has 5 heteroatoms. The summed E-state index contributed by atoms with van der Waals surface area (Å²) in [4.78, 5) is 4.23. The fourth-order valence-corrected chi connectivity index (χ4v) is 1.68. The van der Waals surface area contributed by atoms with E-state index in [0.29, 0.717) is 24.6 Å². The van der Waals surface area contributed by atoms with Gasteiger partial charge in [0, 0.05) is 12.0 Å². The molecule has 2 rings (SSSR count). The van der Waals surface area contributed by atoms with E-state index in [-0.39, 0.29) is 5.82 Å². The van der Waals surface area contributed by atoms with Gasteiger partial charge in [-0.1, -0.05) is 5.16 Å². The fraction of sp³-hybridized carbons (Fsp3) is 0.385. The molecule has 96 valence electrons. The lowest BCUT2D eigenvalue weighted by Crippen LogP contribution is -2.01. The van der Waals surface area contributed by atoms with Crippen molar-refractivity contribution >= 4 is 0 Å². The molecule has 0 aliphatic carbocycles. The van der Waals surface area contributed by atoms with Crippen LogP contribution < -0.4 is 0 Å². The van der Waals surface area contributed by atoms with Crippen LogP contribution in [0.5, 0.6) is 0 Å². The lowest BCUT2D eigenvalue weighted by Gasteiger charge is -2.00. The average Bonchev–Trinajstić information content (AvgIpc) is 2.75. The predicted molar refractivity (Wildman–Crippen MR) is 64.4 cm³/mol. The molecule has 1 heterocycles. The zero-order valence-electron chi connectivity index (χ0n) is 10.4. The van der Waals surface area contributed by atoms with Gasteiger partial charge >= 0.3 is 0 Å². The Hall–Kier alpha value is -1.75. The highest BCUT2D eigenvalue weighted by Crippen LogP contribution is 2.21. The summed E-state index contributed by atoms with van der Waals surface area (Å²) in [6.45, 7) is 3.51. The number of aromatic nitrogens is 2. The minimum atomic E-state index is -0.395. The summed E-state index contributed by atoms with van der Waals surface area (Å²) in [5.41, 5.74) is 1.52. The Morgan fingerprint density at radius 2 is 2.22 bits per heavy atom. The van der Waals surface area contributed by atoms with Gasteiger partial charge in [0.15, 0.2) is 0 Å². The third-order valence-corrected chi connectivity index (χ3v) is 2.67. The van der Waals surface area contributed by atoms with E-state index in [2.05, 4.69) is 10.1 Å². The van der Waals surface area contributed by atoms with Crippen LogP contribution in [0.25, 0.3) is 11.4 Å². The van der Waals surface area contributed by atoms with Crippen LogP contribution in [0.4, 0.5) is 4.39 Å². The van der Waals surface area contributed by atoms with Gasteiger partial charge in [-0.05, 0) is 44.0 Å². The largest absolute Gasteiger partial charge is 0.393 e. The van der Waals surface area contributed by atoms with Crippen LogP contribution in [0, 0.1) is 12.7 Å². The molecule has 1 aromatic heterocycles. The van der Waals surface area contributed by atoms with Gasteiger partial charge in [-0.2, -0.15) is 4.98 Å². The van der Waals surface area contributed by atoms with Crippen LogP contribution in [0.3, 0.4) is 0 Å². The first-order valence-corrected chi connectivity index (χ1v) is 5.83. The number of aryl methyl sites for hydroxylation is 2. The average molecular weight is 250 g/mol. The smallest absolute Gasteiger partial charge is 0.227 e. The quantitative estimate of drug-likeness (QED) is 0.905. The minimum absolute atomic E-state index is 0.283. The summed E-state index contributed by atoms with van der Waals surface area (Å²) in [6, 6.07) is 4.43. The van der Waals surface area contributed by atoms with Crippen LogP contribution in [-0.2, 0) is 6.42 Å². The molecule has 1 atom stereocenters. The molecule has 0 aliphatic heterocycles. The number of benzene rings is 1. The topological polar surface area (TPSA) is 59.2 Å². The summed E-state index contributed by atoms with van der Waals surface area (Å²) in [5.74, 6) is 0.650. The van der Waals surface area contributed by atoms with Crippen LogP contribution in [0.1, 0.15) is 24.8 Å². The SMILES string of the molecule is Cc1cc(F)ccc1-c1noc(CCC(C)O)n1. The summed E-state index contributed by atoms with van der Waals surface area (Å²) in [5, 5.41) is 13.0. The maximum absolute atomic E-state index is 13.0. The number of hydrogen-bond donors (Lipinski definition) is 1. The molecule has 4 nitrogen and oxygen atoms in total.